The molecular weight excluding hydrogens is 481 g/mol. The molecule has 1 aliphatic rings. The zero-order valence-corrected chi connectivity index (χ0v) is 20.2. The number of para-hydroxylation sites is 1. The Morgan fingerprint density at radius 1 is 1.17 bits per heavy atom. The molecule has 0 fully saturated rings. The van der Waals surface area contributed by atoms with E-state index >= 15 is 4.39 Å². The summed E-state index contributed by atoms with van der Waals surface area (Å²) in [7, 11) is 1.30. The predicted molar refractivity (Wildman–Crippen MR) is 128 cm³/mol. The summed E-state index contributed by atoms with van der Waals surface area (Å²) in [6.45, 7) is 1.23. The number of methoxy groups -OCH3 is 1. The highest BCUT2D eigenvalue weighted by atomic mass is 19.4. The number of benzene rings is 2. The van der Waals surface area contributed by atoms with Crippen molar-refractivity contribution in [1.29, 1.82) is 0 Å². The molecule has 36 heavy (non-hydrogen) atoms. The summed E-state index contributed by atoms with van der Waals surface area (Å²) in [6.07, 6.45) is -3.66. The highest BCUT2D eigenvalue weighted by molar-refractivity contribution is 5.85. The van der Waals surface area contributed by atoms with E-state index in [0.29, 0.717) is 31.6 Å². The van der Waals surface area contributed by atoms with E-state index in [2.05, 4.69) is 10.3 Å². The van der Waals surface area contributed by atoms with Crippen LogP contribution in [0.2, 0.25) is 0 Å². The van der Waals surface area contributed by atoms with Crippen molar-refractivity contribution in [3.05, 3.63) is 59.0 Å². The van der Waals surface area contributed by atoms with Gasteiger partial charge in [0, 0.05) is 40.8 Å². The van der Waals surface area contributed by atoms with Gasteiger partial charge in [-0.15, -0.1) is 0 Å². The molecule has 0 bridgehead atoms. The number of H-pyrrole nitrogens is 1. The molecule has 0 spiro atoms. The molecule has 196 valence electrons. The summed E-state index contributed by atoms with van der Waals surface area (Å²) in [5.41, 5.74) is 2.55. The molecule has 1 unspecified atom stereocenters. The minimum Gasteiger partial charge on any atom is -0.493 e. The second kappa shape index (κ2) is 11.0. The Morgan fingerprint density at radius 2 is 1.94 bits per heavy atom. The zero-order valence-electron chi connectivity index (χ0n) is 20.2. The van der Waals surface area contributed by atoms with Crippen LogP contribution >= 0.6 is 0 Å². The molecule has 0 saturated carbocycles. The molecular formula is C26H30F5N3O2. The summed E-state index contributed by atoms with van der Waals surface area (Å²) in [5.74, 6) is -0.670. The van der Waals surface area contributed by atoms with Crippen LogP contribution in [-0.2, 0) is 6.42 Å². The van der Waals surface area contributed by atoms with Crippen LogP contribution in [0.5, 0.6) is 11.5 Å². The number of nitrogens with zero attached hydrogens (tertiary/aromatic N) is 1. The lowest BCUT2D eigenvalue weighted by molar-refractivity contribution is -0.155. The van der Waals surface area contributed by atoms with Crippen LogP contribution in [0.4, 0.5) is 22.0 Å². The lowest BCUT2D eigenvalue weighted by Gasteiger charge is -2.41. The minimum atomic E-state index is -4.46. The van der Waals surface area contributed by atoms with Gasteiger partial charge in [-0.25, -0.2) is 4.39 Å². The minimum absolute atomic E-state index is 0.126. The van der Waals surface area contributed by atoms with E-state index in [4.69, 9.17) is 9.47 Å². The van der Waals surface area contributed by atoms with E-state index in [-0.39, 0.29) is 23.7 Å². The number of rotatable bonds is 10. The smallest absolute Gasteiger partial charge is 0.401 e. The normalized spacial score (nSPS) is 18.4. The van der Waals surface area contributed by atoms with E-state index in [1.165, 1.54) is 12.0 Å². The SMILES string of the molecule is COc1c(F)cc(OCCNCCCF)cc1C1c2[nH]c3ccccc3c2C[C@@H](C)N1CC(F)(F)F. The summed E-state index contributed by atoms with van der Waals surface area (Å²) in [5, 5.41) is 3.95. The Labute approximate surface area is 206 Å². The molecule has 2 N–H and O–H groups in total. The number of aromatic amines is 1. The number of nitrogens with one attached hydrogen (secondary N) is 2. The molecule has 0 amide bonds. The fraction of sp³-hybridized carbons (Fsp3) is 0.462. The van der Waals surface area contributed by atoms with Gasteiger partial charge in [0.2, 0.25) is 0 Å². The number of alkyl halides is 4. The lowest BCUT2D eigenvalue weighted by Crippen LogP contribution is -2.47. The highest BCUT2D eigenvalue weighted by Gasteiger charge is 2.43. The second-order valence-corrected chi connectivity index (χ2v) is 8.97. The number of hydrogen-bond acceptors (Lipinski definition) is 4. The maximum Gasteiger partial charge on any atom is 0.401 e. The van der Waals surface area contributed by atoms with Gasteiger partial charge in [0.15, 0.2) is 11.6 Å². The molecule has 10 heteroatoms. The second-order valence-electron chi connectivity index (χ2n) is 8.97. The van der Waals surface area contributed by atoms with Crippen molar-refractivity contribution in [3.63, 3.8) is 0 Å². The van der Waals surface area contributed by atoms with Crippen molar-refractivity contribution in [3.8, 4) is 11.5 Å². The van der Waals surface area contributed by atoms with Crippen LogP contribution in [0, 0.1) is 5.82 Å². The average molecular weight is 512 g/mol. The van der Waals surface area contributed by atoms with E-state index in [1.54, 1.807) is 13.0 Å². The molecule has 0 aliphatic carbocycles. The fourth-order valence-electron chi connectivity index (χ4n) is 4.94. The van der Waals surface area contributed by atoms with Gasteiger partial charge in [-0.05, 0) is 44.0 Å². The molecule has 5 nitrogen and oxygen atoms in total. The third kappa shape index (κ3) is 5.59. The molecule has 4 rings (SSSR count). The van der Waals surface area contributed by atoms with Crippen molar-refractivity contribution in [2.24, 2.45) is 0 Å². The van der Waals surface area contributed by atoms with Crippen LogP contribution in [0.1, 0.15) is 36.2 Å². The van der Waals surface area contributed by atoms with Gasteiger partial charge in [0.1, 0.15) is 12.4 Å². The molecule has 1 aromatic heterocycles. The zero-order chi connectivity index (χ0) is 25.9. The first-order valence-corrected chi connectivity index (χ1v) is 11.9. The molecule has 2 aromatic carbocycles. The number of aromatic nitrogens is 1. The summed E-state index contributed by atoms with van der Waals surface area (Å²) >= 11 is 0. The van der Waals surface area contributed by atoms with Crippen molar-refractivity contribution >= 4 is 10.9 Å². The third-order valence-electron chi connectivity index (χ3n) is 6.46. The summed E-state index contributed by atoms with van der Waals surface area (Å²) < 4.78 is 79.6. The van der Waals surface area contributed by atoms with E-state index in [9.17, 15) is 17.6 Å². The Morgan fingerprint density at radius 3 is 2.67 bits per heavy atom. The number of fused-ring (bicyclic) bond motifs is 3. The maximum atomic E-state index is 15.2. The van der Waals surface area contributed by atoms with Crippen LogP contribution in [0.15, 0.2) is 36.4 Å². The van der Waals surface area contributed by atoms with Crippen molar-refractivity contribution in [2.45, 2.75) is 38.0 Å². The Kier molecular flexibility index (Phi) is 8.04. The largest absolute Gasteiger partial charge is 0.493 e. The Balaban J connectivity index is 1.77. The predicted octanol–water partition coefficient (Wildman–Crippen LogP) is 5.54. The third-order valence-corrected chi connectivity index (χ3v) is 6.46. The molecule has 2 heterocycles. The molecule has 0 radical (unpaired) electrons. The molecule has 1 aliphatic heterocycles. The first-order valence-electron chi connectivity index (χ1n) is 11.9. The van der Waals surface area contributed by atoms with Gasteiger partial charge in [0.05, 0.1) is 26.4 Å². The van der Waals surface area contributed by atoms with Gasteiger partial charge in [0.25, 0.3) is 0 Å². The first-order chi connectivity index (χ1) is 17.2. The van der Waals surface area contributed by atoms with Crippen molar-refractivity contribution in [1.82, 2.24) is 15.2 Å². The van der Waals surface area contributed by atoms with Crippen LogP contribution in [0.3, 0.4) is 0 Å². The number of hydrogen-bond donors (Lipinski definition) is 2. The quantitative estimate of drug-likeness (QED) is 0.277. The lowest BCUT2D eigenvalue weighted by atomic mass is 9.88. The van der Waals surface area contributed by atoms with Crippen molar-refractivity contribution in [2.75, 3.05) is 40.0 Å². The molecule has 2 atom stereocenters. The maximum absolute atomic E-state index is 15.2. The van der Waals surface area contributed by atoms with Crippen LogP contribution in [-0.4, -0.2) is 62.1 Å². The van der Waals surface area contributed by atoms with Crippen LogP contribution < -0.4 is 14.8 Å². The highest BCUT2D eigenvalue weighted by Crippen LogP contribution is 2.46. The molecule has 3 aromatic rings. The Bertz CT molecular complexity index is 1180. The van der Waals surface area contributed by atoms with E-state index in [0.717, 1.165) is 22.5 Å². The fourth-order valence-corrected chi connectivity index (χ4v) is 4.94. The summed E-state index contributed by atoms with van der Waals surface area (Å²) in [6, 6.07) is 8.84. The molecule has 0 saturated heterocycles. The standard InChI is InChI=1S/C26H30F5N3O2/c1-16-12-19-18-6-3-4-7-22(18)33-23(19)24(34(16)15-26(29,30)31)20-13-17(14-21(28)25(20)35-2)36-11-10-32-9-5-8-27/h3-4,6-7,13-14,16,24,32-33H,5,8-12,15H2,1-2H3/t16-,24?/m1/s1. The van der Waals surface area contributed by atoms with Gasteiger partial charge in [-0.3, -0.25) is 9.29 Å². The van der Waals surface area contributed by atoms with Crippen LogP contribution in [0.25, 0.3) is 10.9 Å². The van der Waals surface area contributed by atoms with Crippen molar-refractivity contribution < 1.29 is 31.4 Å². The average Bonchev–Trinajstić information content (AvgIpc) is 3.18. The van der Waals surface area contributed by atoms with Gasteiger partial charge in [-0.2, -0.15) is 13.2 Å². The van der Waals surface area contributed by atoms with Gasteiger partial charge in [-0.1, -0.05) is 18.2 Å². The van der Waals surface area contributed by atoms with Gasteiger partial charge >= 0.3 is 6.18 Å². The monoisotopic (exact) mass is 511 g/mol. The number of halogens is 5. The van der Waals surface area contributed by atoms with Gasteiger partial charge < -0.3 is 19.8 Å². The summed E-state index contributed by atoms with van der Waals surface area (Å²) in [4.78, 5) is 4.63. The van der Waals surface area contributed by atoms with E-state index < -0.39 is 37.3 Å². The van der Waals surface area contributed by atoms with E-state index in [1.807, 2.05) is 24.3 Å². The Hall–Kier alpha value is -2.85. The topological polar surface area (TPSA) is 49.5 Å². The first kappa shape index (κ1) is 26.2. The number of ether oxygens (including phenoxy) is 2.